The maximum Gasteiger partial charge on any atom is 0.272 e. The van der Waals surface area contributed by atoms with Crippen molar-refractivity contribution in [3.05, 3.63) is 17.6 Å². The Morgan fingerprint density at radius 3 is 2.21 bits per heavy atom. The van der Waals surface area contributed by atoms with Crippen LogP contribution in [0.2, 0.25) is 0 Å². The normalized spacial score (nSPS) is 22.0. The molecule has 0 aliphatic carbocycles. The summed E-state index contributed by atoms with van der Waals surface area (Å²) in [5.74, 6) is 0.829. The maximum absolute atomic E-state index is 13.0. The molecule has 3 aliphatic heterocycles. The third kappa shape index (κ3) is 3.81. The van der Waals surface area contributed by atoms with E-state index < -0.39 is 5.79 Å². The van der Waals surface area contributed by atoms with Crippen LogP contribution >= 0.6 is 0 Å². The summed E-state index contributed by atoms with van der Waals surface area (Å²) in [7, 11) is 0. The lowest BCUT2D eigenvalue weighted by Crippen LogP contribution is -2.48. The molecule has 4 rings (SSSR count). The molecule has 3 saturated heterocycles. The molecule has 0 radical (unpaired) electrons. The van der Waals surface area contributed by atoms with Crippen LogP contribution in [0, 0.1) is 6.92 Å². The third-order valence-electron chi connectivity index (χ3n) is 5.72. The van der Waals surface area contributed by atoms with Crippen molar-refractivity contribution in [2.24, 2.45) is 0 Å². The highest BCUT2D eigenvalue weighted by Crippen LogP contribution is 2.31. The van der Waals surface area contributed by atoms with Gasteiger partial charge in [-0.05, 0) is 6.92 Å². The fraction of sp³-hybridized carbons (Fsp3) is 0.684. The minimum absolute atomic E-state index is 0.0815. The van der Waals surface area contributed by atoms with Crippen molar-refractivity contribution in [1.29, 1.82) is 0 Å². The van der Waals surface area contributed by atoms with Crippen molar-refractivity contribution in [2.75, 3.05) is 57.4 Å². The van der Waals surface area contributed by atoms with Gasteiger partial charge in [-0.3, -0.25) is 9.59 Å². The van der Waals surface area contributed by atoms with Crippen LogP contribution in [0.1, 0.15) is 36.1 Å². The highest BCUT2D eigenvalue weighted by molar-refractivity contribution is 5.93. The van der Waals surface area contributed by atoms with Gasteiger partial charge in [0.05, 0.1) is 13.2 Å². The molecule has 9 nitrogen and oxygen atoms in total. The monoisotopic (exact) mass is 389 g/mol. The lowest BCUT2D eigenvalue weighted by molar-refractivity contribution is -0.181. The van der Waals surface area contributed by atoms with Crippen LogP contribution in [0.25, 0.3) is 0 Å². The van der Waals surface area contributed by atoms with E-state index >= 15 is 0 Å². The number of carbonyl (C=O) groups is 2. The predicted molar refractivity (Wildman–Crippen MR) is 101 cm³/mol. The number of likely N-dealkylation sites (tertiary alicyclic amines) is 1. The first kappa shape index (κ1) is 19.1. The van der Waals surface area contributed by atoms with E-state index in [9.17, 15) is 9.59 Å². The van der Waals surface area contributed by atoms with E-state index in [2.05, 4.69) is 14.9 Å². The molecule has 1 aromatic rings. The summed E-state index contributed by atoms with van der Waals surface area (Å²) < 4.78 is 11.5. The molecule has 0 unspecified atom stereocenters. The summed E-state index contributed by atoms with van der Waals surface area (Å²) in [6.45, 7) is 8.55. The Balaban J connectivity index is 1.44. The second-order valence-corrected chi connectivity index (χ2v) is 7.55. The van der Waals surface area contributed by atoms with Crippen LogP contribution in [-0.4, -0.2) is 89.9 Å². The molecule has 1 aromatic heterocycles. The van der Waals surface area contributed by atoms with Gasteiger partial charge >= 0.3 is 0 Å². The van der Waals surface area contributed by atoms with Gasteiger partial charge in [-0.2, -0.15) is 0 Å². The number of hydrogen-bond acceptors (Lipinski definition) is 7. The highest BCUT2D eigenvalue weighted by Gasteiger charge is 2.41. The Morgan fingerprint density at radius 1 is 0.964 bits per heavy atom. The first-order chi connectivity index (χ1) is 13.5. The number of piperidine rings is 1. The molecule has 0 atom stereocenters. The third-order valence-corrected chi connectivity index (χ3v) is 5.72. The first-order valence-electron chi connectivity index (χ1n) is 9.89. The molecule has 0 N–H and O–H groups in total. The van der Waals surface area contributed by atoms with Crippen LogP contribution in [0.3, 0.4) is 0 Å². The van der Waals surface area contributed by atoms with Crippen molar-refractivity contribution < 1.29 is 19.1 Å². The fourth-order valence-electron chi connectivity index (χ4n) is 4.07. The number of piperazine rings is 1. The number of aryl methyl sites for hydroxylation is 1. The van der Waals surface area contributed by atoms with E-state index in [1.165, 1.54) is 0 Å². The standard InChI is InChI=1S/C19H27N5O4/c1-14-20-16(13-17(21-14)23-9-7-22(8-10-23)15(2)25)18(26)24-5-3-19(4-6-24)27-11-12-28-19/h13H,3-12H2,1-2H3. The fourth-order valence-corrected chi connectivity index (χ4v) is 4.07. The zero-order valence-corrected chi connectivity index (χ0v) is 16.5. The van der Waals surface area contributed by atoms with Crippen LogP contribution in [-0.2, 0) is 14.3 Å². The Hall–Kier alpha value is -2.26. The second kappa shape index (κ2) is 7.63. The average Bonchev–Trinajstić information content (AvgIpc) is 3.15. The van der Waals surface area contributed by atoms with Gasteiger partial charge in [0.2, 0.25) is 5.91 Å². The van der Waals surface area contributed by atoms with Gasteiger partial charge in [0, 0.05) is 65.1 Å². The molecule has 1 spiro atoms. The number of carbonyl (C=O) groups excluding carboxylic acids is 2. The van der Waals surface area contributed by atoms with Crippen molar-refractivity contribution >= 4 is 17.6 Å². The number of ether oxygens (including phenoxy) is 2. The molecule has 3 aliphatic rings. The number of nitrogens with zero attached hydrogens (tertiary/aromatic N) is 5. The van der Waals surface area contributed by atoms with Crippen molar-refractivity contribution in [2.45, 2.75) is 32.5 Å². The molecule has 0 aromatic carbocycles. The first-order valence-corrected chi connectivity index (χ1v) is 9.89. The Morgan fingerprint density at radius 2 is 1.61 bits per heavy atom. The molecule has 4 heterocycles. The molecule has 152 valence electrons. The van der Waals surface area contributed by atoms with E-state index in [1.54, 1.807) is 19.9 Å². The SMILES string of the molecule is CC(=O)N1CCN(c2cc(C(=O)N3CCC4(CC3)OCCO4)nc(C)n2)CC1. The van der Waals surface area contributed by atoms with Crippen LogP contribution in [0.15, 0.2) is 6.07 Å². The molecule has 2 amide bonds. The summed E-state index contributed by atoms with van der Waals surface area (Å²) in [5.41, 5.74) is 0.417. The number of rotatable bonds is 2. The summed E-state index contributed by atoms with van der Waals surface area (Å²) in [5, 5.41) is 0. The Labute approximate surface area is 164 Å². The highest BCUT2D eigenvalue weighted by atomic mass is 16.7. The average molecular weight is 389 g/mol. The van der Waals surface area contributed by atoms with Gasteiger partial charge < -0.3 is 24.2 Å². The maximum atomic E-state index is 13.0. The molecule has 3 fully saturated rings. The van der Waals surface area contributed by atoms with Gasteiger partial charge in [0.1, 0.15) is 17.3 Å². The van der Waals surface area contributed by atoms with Crippen molar-refractivity contribution in [3.8, 4) is 0 Å². The zero-order valence-electron chi connectivity index (χ0n) is 16.5. The topological polar surface area (TPSA) is 88.1 Å². The number of aromatic nitrogens is 2. The van der Waals surface area contributed by atoms with E-state index in [0.29, 0.717) is 76.8 Å². The van der Waals surface area contributed by atoms with Gasteiger partial charge in [0.15, 0.2) is 5.79 Å². The smallest absolute Gasteiger partial charge is 0.272 e. The quantitative estimate of drug-likeness (QED) is 0.725. The van der Waals surface area contributed by atoms with Crippen LogP contribution in [0.4, 0.5) is 5.82 Å². The van der Waals surface area contributed by atoms with Crippen molar-refractivity contribution in [1.82, 2.24) is 19.8 Å². The summed E-state index contributed by atoms with van der Waals surface area (Å²) >= 11 is 0. The van der Waals surface area contributed by atoms with Crippen molar-refractivity contribution in [3.63, 3.8) is 0 Å². The van der Waals surface area contributed by atoms with E-state index in [0.717, 1.165) is 5.82 Å². The molecule has 9 heteroatoms. The van der Waals surface area contributed by atoms with E-state index in [1.807, 2.05) is 9.80 Å². The van der Waals surface area contributed by atoms with Gasteiger partial charge in [-0.1, -0.05) is 0 Å². The minimum atomic E-state index is -0.500. The number of amides is 2. The molecule has 0 saturated carbocycles. The second-order valence-electron chi connectivity index (χ2n) is 7.55. The van der Waals surface area contributed by atoms with Gasteiger partial charge in [-0.25, -0.2) is 9.97 Å². The molecular formula is C19H27N5O4. The zero-order chi connectivity index (χ0) is 19.7. The van der Waals surface area contributed by atoms with Crippen LogP contribution < -0.4 is 4.90 Å². The Bertz CT molecular complexity index is 747. The lowest BCUT2D eigenvalue weighted by atomic mass is 10.0. The molecular weight excluding hydrogens is 362 g/mol. The molecule has 0 bridgehead atoms. The lowest BCUT2D eigenvalue weighted by Gasteiger charge is -2.37. The summed E-state index contributed by atoms with van der Waals surface area (Å²) in [6.07, 6.45) is 1.37. The Kier molecular flexibility index (Phi) is 5.20. The van der Waals surface area contributed by atoms with Crippen LogP contribution in [0.5, 0.6) is 0 Å². The largest absolute Gasteiger partial charge is 0.353 e. The van der Waals surface area contributed by atoms with Gasteiger partial charge in [0.25, 0.3) is 5.91 Å². The number of hydrogen-bond donors (Lipinski definition) is 0. The summed E-state index contributed by atoms with van der Waals surface area (Å²) in [4.78, 5) is 39.2. The summed E-state index contributed by atoms with van der Waals surface area (Å²) in [6, 6.07) is 1.77. The minimum Gasteiger partial charge on any atom is -0.353 e. The molecule has 28 heavy (non-hydrogen) atoms. The van der Waals surface area contributed by atoms with Gasteiger partial charge in [-0.15, -0.1) is 0 Å². The van der Waals surface area contributed by atoms with E-state index in [-0.39, 0.29) is 11.8 Å². The van der Waals surface area contributed by atoms with E-state index in [4.69, 9.17) is 9.47 Å². The number of anilines is 1. The predicted octanol–water partition coefficient (Wildman–Crippen LogP) is 0.433.